The molecule has 1 aliphatic heterocycles. The standard InChI is InChI=1S/C9H7F6N7O2/c10-6-5(22(23)24)3-21(16-6)9(14,15)2-1-7(4-8(11,12)13)17-19-20-18-7/h3H,1-2,4H2. The first kappa shape index (κ1) is 17.7. The van der Waals surface area contributed by atoms with Crippen LogP contribution in [0.4, 0.5) is 32.0 Å². The first-order chi connectivity index (χ1) is 10.9. The average molecular weight is 359 g/mol. The maximum atomic E-state index is 14.0. The molecular formula is C9H7F6N7O2. The van der Waals surface area contributed by atoms with Gasteiger partial charge in [-0.3, -0.25) is 10.1 Å². The molecule has 0 saturated carbocycles. The third-order valence-corrected chi connectivity index (χ3v) is 2.99. The van der Waals surface area contributed by atoms with Crippen molar-refractivity contribution in [2.24, 2.45) is 20.7 Å². The van der Waals surface area contributed by atoms with Crippen LogP contribution in [0.3, 0.4) is 0 Å². The summed E-state index contributed by atoms with van der Waals surface area (Å²) in [4.78, 5) is 9.16. The summed E-state index contributed by atoms with van der Waals surface area (Å²) in [5, 5.41) is 25.2. The van der Waals surface area contributed by atoms with E-state index in [0.29, 0.717) is 0 Å². The molecule has 2 heterocycles. The molecule has 2 rings (SSSR count). The summed E-state index contributed by atoms with van der Waals surface area (Å²) in [6.45, 7) is 0. The van der Waals surface area contributed by atoms with Crippen LogP contribution in [0.25, 0.3) is 0 Å². The van der Waals surface area contributed by atoms with Gasteiger partial charge in [-0.25, -0.2) is 0 Å². The maximum Gasteiger partial charge on any atom is 0.393 e. The van der Waals surface area contributed by atoms with Crippen LogP contribution in [0.1, 0.15) is 19.3 Å². The molecule has 0 saturated heterocycles. The topological polar surface area (TPSA) is 110 Å². The summed E-state index contributed by atoms with van der Waals surface area (Å²) >= 11 is 0. The lowest BCUT2D eigenvalue weighted by Crippen LogP contribution is -2.33. The first-order valence-electron chi connectivity index (χ1n) is 6.13. The number of alkyl halides is 5. The number of aromatic nitrogens is 2. The van der Waals surface area contributed by atoms with Gasteiger partial charge in [0.2, 0.25) is 5.66 Å². The van der Waals surface area contributed by atoms with Crippen molar-refractivity contribution in [2.75, 3.05) is 0 Å². The quantitative estimate of drug-likeness (QED) is 0.438. The van der Waals surface area contributed by atoms with Crippen LogP contribution in [-0.4, -0.2) is 26.5 Å². The predicted molar refractivity (Wildman–Crippen MR) is 61.4 cm³/mol. The molecular weight excluding hydrogens is 352 g/mol. The molecule has 0 atom stereocenters. The maximum absolute atomic E-state index is 14.0. The molecule has 1 aromatic rings. The highest BCUT2D eigenvalue weighted by atomic mass is 19.4. The van der Waals surface area contributed by atoms with Crippen molar-refractivity contribution < 1.29 is 31.3 Å². The Bertz CT molecular complexity index is 685. The Hall–Kier alpha value is -2.61. The van der Waals surface area contributed by atoms with Crippen molar-refractivity contribution in [3.8, 4) is 0 Å². The van der Waals surface area contributed by atoms with Gasteiger partial charge in [0.1, 0.15) is 6.20 Å². The lowest BCUT2D eigenvalue weighted by molar-refractivity contribution is -0.387. The Morgan fingerprint density at radius 2 is 1.79 bits per heavy atom. The van der Waals surface area contributed by atoms with E-state index in [4.69, 9.17) is 0 Å². The fraction of sp³-hybridized carbons (Fsp3) is 0.667. The molecule has 0 N–H and O–H groups in total. The number of nitrogens with zero attached hydrogens (tertiary/aromatic N) is 7. The Labute approximate surface area is 128 Å². The van der Waals surface area contributed by atoms with Gasteiger partial charge in [-0.2, -0.15) is 31.0 Å². The van der Waals surface area contributed by atoms with Crippen molar-refractivity contribution in [3.63, 3.8) is 0 Å². The largest absolute Gasteiger partial charge is 0.393 e. The molecule has 0 radical (unpaired) electrons. The molecule has 24 heavy (non-hydrogen) atoms. The number of hydrogen-bond acceptors (Lipinski definition) is 7. The summed E-state index contributed by atoms with van der Waals surface area (Å²) in [5.74, 6) is -1.75. The molecule has 0 unspecified atom stereocenters. The minimum atomic E-state index is -4.77. The zero-order valence-electron chi connectivity index (χ0n) is 11.4. The summed E-state index contributed by atoms with van der Waals surface area (Å²) in [5.41, 5.74) is -3.64. The van der Waals surface area contributed by atoms with E-state index in [1.165, 1.54) is 0 Å². The summed E-state index contributed by atoms with van der Waals surface area (Å²) in [6, 6.07) is -4.01. The SMILES string of the molecule is O=[N+]([O-])c1cn(C(F)(F)CCC2(CC(F)(F)F)N=NN=N2)nc1F. The summed E-state index contributed by atoms with van der Waals surface area (Å²) in [6.07, 6.45) is -8.55. The van der Waals surface area contributed by atoms with Crippen LogP contribution in [0.5, 0.6) is 0 Å². The summed E-state index contributed by atoms with van der Waals surface area (Å²) in [7, 11) is 0. The molecule has 0 bridgehead atoms. The smallest absolute Gasteiger partial charge is 0.258 e. The van der Waals surface area contributed by atoms with Gasteiger partial charge in [-0.15, -0.1) is 15.3 Å². The predicted octanol–water partition coefficient (Wildman–Crippen LogP) is 3.74. The van der Waals surface area contributed by atoms with Crippen molar-refractivity contribution in [1.82, 2.24) is 9.78 Å². The van der Waals surface area contributed by atoms with Gasteiger partial charge in [-0.1, -0.05) is 0 Å². The van der Waals surface area contributed by atoms with E-state index < -0.39 is 53.7 Å². The van der Waals surface area contributed by atoms with Crippen molar-refractivity contribution in [3.05, 3.63) is 22.3 Å². The van der Waals surface area contributed by atoms with Gasteiger partial charge in [0, 0.05) is 12.8 Å². The molecule has 1 aliphatic rings. The van der Waals surface area contributed by atoms with Crippen LogP contribution in [0, 0.1) is 16.1 Å². The molecule has 0 aliphatic carbocycles. The lowest BCUT2D eigenvalue weighted by Gasteiger charge is -2.24. The van der Waals surface area contributed by atoms with Gasteiger partial charge in [-0.05, 0) is 10.4 Å². The molecule has 15 heteroatoms. The highest BCUT2D eigenvalue weighted by molar-refractivity contribution is 5.23. The van der Waals surface area contributed by atoms with Crippen molar-refractivity contribution in [1.29, 1.82) is 0 Å². The highest BCUT2D eigenvalue weighted by Gasteiger charge is 2.48. The minimum absolute atomic E-state index is 0.142. The fourth-order valence-electron chi connectivity index (χ4n) is 1.91. The van der Waals surface area contributed by atoms with E-state index in [1.807, 2.05) is 0 Å². The number of hydrogen-bond donors (Lipinski definition) is 0. The third kappa shape index (κ3) is 3.83. The van der Waals surface area contributed by atoms with Crippen LogP contribution >= 0.6 is 0 Å². The number of halogens is 6. The van der Waals surface area contributed by atoms with Crippen molar-refractivity contribution >= 4 is 5.69 Å². The highest BCUT2D eigenvalue weighted by Crippen LogP contribution is 2.40. The van der Waals surface area contributed by atoms with E-state index in [2.05, 4.69) is 25.8 Å². The molecule has 9 nitrogen and oxygen atoms in total. The Morgan fingerprint density at radius 3 is 2.25 bits per heavy atom. The Morgan fingerprint density at radius 1 is 1.21 bits per heavy atom. The van der Waals surface area contributed by atoms with E-state index in [-0.39, 0.29) is 10.9 Å². The molecule has 0 aromatic carbocycles. The van der Waals surface area contributed by atoms with Gasteiger partial charge < -0.3 is 0 Å². The second-order valence-corrected chi connectivity index (χ2v) is 4.83. The first-order valence-corrected chi connectivity index (χ1v) is 6.13. The molecule has 1 aromatic heterocycles. The second kappa shape index (κ2) is 5.79. The van der Waals surface area contributed by atoms with Crippen LogP contribution in [0.15, 0.2) is 26.9 Å². The van der Waals surface area contributed by atoms with Gasteiger partial charge in [0.25, 0.3) is 0 Å². The molecule has 0 fully saturated rings. The van der Waals surface area contributed by atoms with E-state index in [0.717, 1.165) is 0 Å². The number of rotatable bonds is 6. The van der Waals surface area contributed by atoms with Crippen LogP contribution in [-0.2, 0) is 6.05 Å². The van der Waals surface area contributed by atoms with Crippen molar-refractivity contribution in [2.45, 2.75) is 37.1 Å². The van der Waals surface area contributed by atoms with E-state index in [9.17, 15) is 36.5 Å². The van der Waals surface area contributed by atoms with Gasteiger partial charge >= 0.3 is 23.9 Å². The van der Waals surface area contributed by atoms with Gasteiger partial charge in [0.05, 0.1) is 11.3 Å². The number of nitro groups is 1. The van der Waals surface area contributed by atoms with Crippen LogP contribution in [0.2, 0.25) is 0 Å². The van der Waals surface area contributed by atoms with E-state index >= 15 is 0 Å². The molecule has 0 amide bonds. The fourth-order valence-corrected chi connectivity index (χ4v) is 1.91. The normalized spacial score (nSPS) is 16.8. The monoisotopic (exact) mass is 359 g/mol. The summed E-state index contributed by atoms with van der Waals surface area (Å²) < 4.78 is 78.2. The van der Waals surface area contributed by atoms with Crippen LogP contribution < -0.4 is 0 Å². The third-order valence-electron chi connectivity index (χ3n) is 2.99. The average Bonchev–Trinajstić information content (AvgIpc) is 3.02. The molecule has 0 spiro atoms. The van der Waals surface area contributed by atoms with E-state index in [1.54, 1.807) is 0 Å². The second-order valence-electron chi connectivity index (χ2n) is 4.83. The minimum Gasteiger partial charge on any atom is -0.258 e. The zero-order valence-corrected chi connectivity index (χ0v) is 11.4. The lowest BCUT2D eigenvalue weighted by atomic mass is 10.0. The Balaban J connectivity index is 2.17. The van der Waals surface area contributed by atoms with Gasteiger partial charge in [0.15, 0.2) is 0 Å². The Kier molecular flexibility index (Phi) is 4.28. The molecule has 132 valence electrons. The zero-order chi connectivity index (χ0) is 18.2.